The van der Waals surface area contributed by atoms with Crippen LogP contribution in [0.2, 0.25) is 0 Å². The van der Waals surface area contributed by atoms with Crippen molar-refractivity contribution in [2.75, 3.05) is 13.7 Å². The van der Waals surface area contributed by atoms with Crippen LogP contribution in [0, 0.1) is 0 Å². The predicted octanol–water partition coefficient (Wildman–Crippen LogP) is 2.58. The Balaban J connectivity index is 1.81. The van der Waals surface area contributed by atoms with E-state index in [0.717, 1.165) is 10.4 Å². The summed E-state index contributed by atoms with van der Waals surface area (Å²) >= 11 is 3.01. The number of nitrogens with one attached hydrogen (secondary N) is 1. The van der Waals surface area contributed by atoms with Crippen LogP contribution in [0.15, 0.2) is 34.3 Å². The fraction of sp³-hybridized carbons (Fsp3) is 0.353. The van der Waals surface area contributed by atoms with Crippen molar-refractivity contribution in [1.82, 2.24) is 10.2 Å². The molecule has 1 unspecified atom stereocenters. The summed E-state index contributed by atoms with van der Waals surface area (Å²) in [5, 5.41) is 8.52. The van der Waals surface area contributed by atoms with Gasteiger partial charge in [0, 0.05) is 25.4 Å². The first-order valence-electron chi connectivity index (χ1n) is 7.67. The number of esters is 1. The molecule has 0 spiro atoms. The van der Waals surface area contributed by atoms with Gasteiger partial charge < -0.3 is 15.0 Å². The molecule has 0 radical (unpaired) electrons. The quantitative estimate of drug-likeness (QED) is 0.714. The number of amides is 2. The average molecular weight is 380 g/mol. The lowest BCUT2D eigenvalue weighted by Crippen LogP contribution is -2.32. The molecule has 2 aromatic heterocycles. The molecule has 2 heterocycles. The number of hydrogen-bond acceptors (Lipinski definition) is 6. The molecule has 1 N–H and O–H groups in total. The van der Waals surface area contributed by atoms with Crippen LogP contribution in [0.5, 0.6) is 0 Å². The van der Waals surface area contributed by atoms with Crippen molar-refractivity contribution >= 4 is 40.5 Å². The van der Waals surface area contributed by atoms with Crippen molar-refractivity contribution in [1.29, 1.82) is 0 Å². The van der Waals surface area contributed by atoms with E-state index in [1.807, 2.05) is 34.3 Å². The zero-order valence-electron chi connectivity index (χ0n) is 14.1. The number of nitrogens with zero attached hydrogens (tertiary/aromatic N) is 1. The van der Waals surface area contributed by atoms with Gasteiger partial charge in [-0.3, -0.25) is 14.4 Å². The normalized spacial score (nSPS) is 11.6. The van der Waals surface area contributed by atoms with Gasteiger partial charge in [0.2, 0.25) is 5.91 Å². The van der Waals surface area contributed by atoms with Gasteiger partial charge in [-0.15, -0.1) is 11.3 Å². The van der Waals surface area contributed by atoms with E-state index in [-0.39, 0.29) is 24.8 Å². The van der Waals surface area contributed by atoms with Gasteiger partial charge >= 0.3 is 5.97 Å². The van der Waals surface area contributed by atoms with E-state index in [2.05, 4.69) is 5.32 Å². The van der Waals surface area contributed by atoms with Gasteiger partial charge in [0.15, 0.2) is 6.61 Å². The third-order valence-corrected chi connectivity index (χ3v) is 5.14. The number of likely N-dealkylation sites (N-methyl/N-ethyl adjacent to an activating group) is 1. The second-order valence-corrected chi connectivity index (χ2v) is 7.27. The summed E-state index contributed by atoms with van der Waals surface area (Å²) in [6.07, 6.45) is -0.0123. The lowest BCUT2D eigenvalue weighted by Gasteiger charge is -2.18. The van der Waals surface area contributed by atoms with Gasteiger partial charge in [0.1, 0.15) is 0 Å². The van der Waals surface area contributed by atoms with Crippen LogP contribution in [-0.2, 0) is 25.7 Å². The molecular formula is C17H20N2O4S2. The zero-order valence-corrected chi connectivity index (χ0v) is 15.7. The third-order valence-electron chi connectivity index (χ3n) is 3.42. The maximum atomic E-state index is 12.1. The van der Waals surface area contributed by atoms with Crippen LogP contribution < -0.4 is 5.32 Å². The van der Waals surface area contributed by atoms with Gasteiger partial charge in [-0.1, -0.05) is 6.07 Å². The monoisotopic (exact) mass is 380 g/mol. The lowest BCUT2D eigenvalue weighted by atomic mass is 10.1. The summed E-state index contributed by atoms with van der Waals surface area (Å²) in [6.45, 7) is 1.56. The molecule has 1 atom stereocenters. The SMILES string of the molecule is CC(=O)NC(CC(=O)OCC(=O)N(C)Cc1ccsc1)c1cccs1. The number of hydrogen-bond donors (Lipinski definition) is 1. The van der Waals surface area contributed by atoms with Crippen molar-refractivity contribution in [2.24, 2.45) is 0 Å². The first-order chi connectivity index (χ1) is 12.0. The molecule has 0 aliphatic heterocycles. The minimum Gasteiger partial charge on any atom is -0.455 e. The van der Waals surface area contributed by atoms with Crippen molar-refractivity contribution < 1.29 is 19.1 Å². The Bertz CT molecular complexity index is 698. The van der Waals surface area contributed by atoms with Crippen LogP contribution >= 0.6 is 22.7 Å². The Hall–Kier alpha value is -2.19. The second-order valence-electron chi connectivity index (χ2n) is 5.51. The Morgan fingerprint density at radius 1 is 1.28 bits per heavy atom. The average Bonchev–Trinajstić information content (AvgIpc) is 3.24. The van der Waals surface area contributed by atoms with E-state index in [0.29, 0.717) is 6.54 Å². The highest BCUT2D eigenvalue weighted by molar-refractivity contribution is 7.10. The van der Waals surface area contributed by atoms with E-state index < -0.39 is 12.0 Å². The molecule has 2 aromatic rings. The minimum absolute atomic E-state index is 0.0123. The van der Waals surface area contributed by atoms with Crippen LogP contribution in [0.4, 0.5) is 0 Å². The van der Waals surface area contributed by atoms with Gasteiger partial charge in [-0.2, -0.15) is 11.3 Å². The highest BCUT2D eigenvalue weighted by Crippen LogP contribution is 2.22. The Kier molecular flexibility index (Phi) is 7.15. The zero-order chi connectivity index (χ0) is 18.2. The second kappa shape index (κ2) is 9.33. The molecule has 0 bridgehead atoms. The number of rotatable bonds is 8. The maximum absolute atomic E-state index is 12.1. The standard InChI is InChI=1S/C17H20N2O4S2/c1-12(20)18-14(15-4-3-6-25-15)8-17(22)23-10-16(21)19(2)9-13-5-7-24-11-13/h3-7,11,14H,8-10H2,1-2H3,(H,18,20). The molecule has 0 aromatic carbocycles. The highest BCUT2D eigenvalue weighted by Gasteiger charge is 2.20. The van der Waals surface area contributed by atoms with Crippen molar-refractivity contribution in [3.05, 3.63) is 44.8 Å². The van der Waals surface area contributed by atoms with Gasteiger partial charge in [-0.05, 0) is 33.8 Å². The Labute approximate surface area is 154 Å². The third kappa shape index (κ3) is 6.32. The van der Waals surface area contributed by atoms with Crippen LogP contribution in [0.1, 0.15) is 29.8 Å². The molecule has 0 saturated heterocycles. The highest BCUT2D eigenvalue weighted by atomic mass is 32.1. The predicted molar refractivity (Wildman–Crippen MR) is 97.2 cm³/mol. The van der Waals surface area contributed by atoms with Crippen LogP contribution in [-0.4, -0.2) is 36.3 Å². The minimum atomic E-state index is -0.524. The molecule has 25 heavy (non-hydrogen) atoms. The smallest absolute Gasteiger partial charge is 0.308 e. The van der Waals surface area contributed by atoms with Crippen LogP contribution in [0.25, 0.3) is 0 Å². The molecule has 0 aliphatic carbocycles. The number of carbonyl (C=O) groups is 3. The summed E-state index contributed by atoms with van der Waals surface area (Å²) in [4.78, 5) is 37.8. The van der Waals surface area contributed by atoms with E-state index in [4.69, 9.17) is 4.74 Å². The Morgan fingerprint density at radius 3 is 2.68 bits per heavy atom. The van der Waals surface area contributed by atoms with Gasteiger partial charge in [0.25, 0.3) is 5.91 Å². The van der Waals surface area contributed by atoms with E-state index in [9.17, 15) is 14.4 Å². The molecule has 134 valence electrons. The summed E-state index contributed by atoms with van der Waals surface area (Å²) in [5.41, 5.74) is 1.04. The van der Waals surface area contributed by atoms with E-state index in [1.54, 1.807) is 18.4 Å². The number of ether oxygens (including phenoxy) is 1. The number of thiophene rings is 2. The van der Waals surface area contributed by atoms with Gasteiger partial charge in [0.05, 0.1) is 12.5 Å². The van der Waals surface area contributed by atoms with Crippen LogP contribution in [0.3, 0.4) is 0 Å². The van der Waals surface area contributed by atoms with Gasteiger partial charge in [-0.25, -0.2) is 0 Å². The first kappa shape index (κ1) is 19.1. The largest absolute Gasteiger partial charge is 0.455 e. The van der Waals surface area contributed by atoms with Crippen molar-refractivity contribution in [2.45, 2.75) is 25.9 Å². The molecule has 0 saturated carbocycles. The summed E-state index contributed by atoms with van der Waals surface area (Å²) in [7, 11) is 1.67. The topological polar surface area (TPSA) is 75.7 Å². The summed E-state index contributed by atoms with van der Waals surface area (Å²) in [6, 6.07) is 5.20. The lowest BCUT2D eigenvalue weighted by molar-refractivity contribution is -0.152. The fourth-order valence-electron chi connectivity index (χ4n) is 2.18. The molecule has 2 rings (SSSR count). The summed E-state index contributed by atoms with van der Waals surface area (Å²) < 4.78 is 5.08. The molecule has 6 nitrogen and oxygen atoms in total. The fourth-order valence-corrected chi connectivity index (χ4v) is 3.62. The van der Waals surface area contributed by atoms with E-state index in [1.165, 1.54) is 23.2 Å². The van der Waals surface area contributed by atoms with Crippen molar-refractivity contribution in [3.8, 4) is 0 Å². The van der Waals surface area contributed by atoms with Crippen molar-refractivity contribution in [3.63, 3.8) is 0 Å². The molecule has 2 amide bonds. The van der Waals surface area contributed by atoms with E-state index >= 15 is 0 Å². The molecule has 0 fully saturated rings. The molecular weight excluding hydrogens is 360 g/mol. The molecule has 8 heteroatoms. The Morgan fingerprint density at radius 2 is 2.08 bits per heavy atom. The molecule has 0 aliphatic rings. The summed E-state index contributed by atoms with van der Waals surface area (Å²) in [5.74, 6) is -1.02. The maximum Gasteiger partial charge on any atom is 0.308 e. The first-order valence-corrected chi connectivity index (χ1v) is 9.49. The number of carbonyl (C=O) groups excluding carboxylic acids is 3.